The Morgan fingerprint density at radius 3 is 1.64 bits per heavy atom. The number of benzene rings is 6. The Balaban J connectivity index is 1.75. The quantitative estimate of drug-likeness (QED) is 0.219. The Bertz CT molecular complexity index is 1600. The average molecular weight is 485 g/mol. The highest BCUT2D eigenvalue weighted by Gasteiger charge is 2.17. The van der Waals surface area contributed by atoms with Gasteiger partial charge in [0.1, 0.15) is 0 Å². The molecule has 6 aromatic rings. The molecule has 0 radical (unpaired) electrons. The second-order valence-corrected chi connectivity index (χ2v) is 9.07. The third-order valence-electron chi connectivity index (χ3n) is 6.35. The maximum Gasteiger partial charge on any atom is 0.0332 e. The van der Waals surface area contributed by atoms with Gasteiger partial charge in [0.25, 0.3) is 0 Å². The van der Waals surface area contributed by atoms with Crippen LogP contribution < -0.4 is 0 Å². The van der Waals surface area contributed by atoms with Crippen LogP contribution in [0.3, 0.4) is 0 Å². The minimum Gasteiger partial charge on any atom is -0.0622 e. The van der Waals surface area contributed by atoms with Crippen molar-refractivity contribution in [1.82, 2.24) is 0 Å². The van der Waals surface area contributed by atoms with Crippen LogP contribution in [0.5, 0.6) is 0 Å². The van der Waals surface area contributed by atoms with E-state index >= 15 is 0 Å². The minimum absolute atomic E-state index is 1.15. The van der Waals surface area contributed by atoms with Crippen molar-refractivity contribution in [1.29, 1.82) is 0 Å². The Labute approximate surface area is 202 Å². The molecule has 0 saturated carbocycles. The van der Waals surface area contributed by atoms with Gasteiger partial charge in [0.15, 0.2) is 0 Å². The molecule has 0 unspecified atom stereocenters. The largest absolute Gasteiger partial charge is 0.0622 e. The summed E-state index contributed by atoms with van der Waals surface area (Å²) in [5.74, 6) is 0. The van der Waals surface area contributed by atoms with Crippen LogP contribution in [0, 0.1) is 0 Å². The van der Waals surface area contributed by atoms with Crippen molar-refractivity contribution in [2.24, 2.45) is 0 Å². The number of hydrogen-bond donors (Lipinski definition) is 0. The zero-order valence-corrected chi connectivity index (χ0v) is 19.6. The van der Waals surface area contributed by atoms with E-state index in [4.69, 9.17) is 0 Å². The van der Waals surface area contributed by atoms with Gasteiger partial charge in [0, 0.05) is 4.47 Å². The first-order valence-corrected chi connectivity index (χ1v) is 11.9. The average Bonchev–Trinajstić information content (AvgIpc) is 2.90. The minimum atomic E-state index is 1.15. The fourth-order valence-corrected chi connectivity index (χ4v) is 5.49. The molecule has 156 valence electrons. The van der Waals surface area contributed by atoms with E-state index in [-0.39, 0.29) is 0 Å². The van der Waals surface area contributed by atoms with Gasteiger partial charge in [-0.15, -0.1) is 0 Å². The molecule has 0 nitrogen and oxygen atoms in total. The summed E-state index contributed by atoms with van der Waals surface area (Å²) in [4.78, 5) is 0. The van der Waals surface area contributed by atoms with E-state index in [9.17, 15) is 0 Å². The first-order chi connectivity index (χ1) is 16.3. The highest BCUT2D eigenvalue weighted by molar-refractivity contribution is 9.10. The maximum absolute atomic E-state index is 3.93. The number of halogens is 1. The van der Waals surface area contributed by atoms with Gasteiger partial charge in [0.05, 0.1) is 0 Å². The normalized spacial score (nSPS) is 11.2. The maximum atomic E-state index is 3.93. The Hall–Kier alpha value is -3.68. The van der Waals surface area contributed by atoms with E-state index in [1.807, 2.05) is 0 Å². The second-order valence-electron chi connectivity index (χ2n) is 8.27. The van der Waals surface area contributed by atoms with Crippen molar-refractivity contribution in [3.05, 3.63) is 132 Å². The van der Waals surface area contributed by atoms with Gasteiger partial charge >= 0.3 is 0 Å². The van der Waals surface area contributed by atoms with Crippen LogP contribution in [0.1, 0.15) is 0 Å². The summed E-state index contributed by atoms with van der Waals surface area (Å²) in [7, 11) is 0. The summed E-state index contributed by atoms with van der Waals surface area (Å²) >= 11 is 3.93. The number of rotatable bonds is 3. The molecule has 0 aromatic heterocycles. The van der Waals surface area contributed by atoms with E-state index in [0.29, 0.717) is 0 Å². The molecule has 0 aliphatic heterocycles. The second kappa shape index (κ2) is 8.35. The third-order valence-corrected chi connectivity index (χ3v) is 7.20. The van der Waals surface area contributed by atoms with Crippen molar-refractivity contribution in [3.63, 3.8) is 0 Å². The lowest BCUT2D eigenvalue weighted by atomic mass is 9.87. The van der Waals surface area contributed by atoms with E-state index in [2.05, 4.69) is 143 Å². The summed E-state index contributed by atoms with van der Waals surface area (Å²) in [6, 6.07) is 45.6. The van der Waals surface area contributed by atoms with Crippen LogP contribution in [0.25, 0.3) is 54.9 Å². The lowest BCUT2D eigenvalue weighted by Gasteiger charge is -2.18. The third kappa shape index (κ3) is 3.46. The van der Waals surface area contributed by atoms with Crippen LogP contribution in [0.4, 0.5) is 0 Å². The molecule has 0 atom stereocenters. The predicted molar refractivity (Wildman–Crippen MR) is 145 cm³/mol. The molecule has 6 aromatic carbocycles. The highest BCUT2D eigenvalue weighted by atomic mass is 79.9. The fourth-order valence-electron chi connectivity index (χ4n) is 4.80. The SMILES string of the molecule is Brc1c2ccccc2c(-c2ccccc2-c2ccccc2)c2cc(-c3ccccc3)ccc12. The molecule has 0 heterocycles. The van der Waals surface area contributed by atoms with Crippen molar-refractivity contribution >= 4 is 37.5 Å². The molecule has 0 N–H and O–H groups in total. The van der Waals surface area contributed by atoms with E-state index < -0.39 is 0 Å². The van der Waals surface area contributed by atoms with Crippen molar-refractivity contribution in [2.75, 3.05) is 0 Å². The van der Waals surface area contributed by atoms with Gasteiger partial charge < -0.3 is 0 Å². The molecule has 0 amide bonds. The van der Waals surface area contributed by atoms with Gasteiger partial charge in [-0.25, -0.2) is 0 Å². The summed E-state index contributed by atoms with van der Waals surface area (Å²) in [6.45, 7) is 0. The molecule has 0 fully saturated rings. The topological polar surface area (TPSA) is 0 Å². The molecule has 0 saturated heterocycles. The van der Waals surface area contributed by atoms with Crippen LogP contribution in [-0.4, -0.2) is 0 Å². The van der Waals surface area contributed by atoms with Crippen molar-refractivity contribution in [2.45, 2.75) is 0 Å². The summed E-state index contributed by atoms with van der Waals surface area (Å²) < 4.78 is 1.15. The van der Waals surface area contributed by atoms with Crippen LogP contribution >= 0.6 is 15.9 Å². The van der Waals surface area contributed by atoms with E-state index in [1.54, 1.807) is 0 Å². The Morgan fingerprint density at radius 1 is 0.364 bits per heavy atom. The first-order valence-electron chi connectivity index (χ1n) is 11.2. The van der Waals surface area contributed by atoms with Crippen molar-refractivity contribution in [3.8, 4) is 33.4 Å². The van der Waals surface area contributed by atoms with E-state index in [1.165, 1.54) is 54.9 Å². The van der Waals surface area contributed by atoms with Crippen molar-refractivity contribution < 1.29 is 0 Å². The summed E-state index contributed by atoms with van der Waals surface area (Å²) in [5.41, 5.74) is 7.46. The van der Waals surface area contributed by atoms with Gasteiger partial charge in [0.2, 0.25) is 0 Å². The smallest absolute Gasteiger partial charge is 0.0332 e. The van der Waals surface area contributed by atoms with Crippen LogP contribution in [0.2, 0.25) is 0 Å². The van der Waals surface area contributed by atoms with Gasteiger partial charge in [-0.2, -0.15) is 0 Å². The molecule has 6 rings (SSSR count). The summed E-state index contributed by atoms with van der Waals surface area (Å²) in [6.07, 6.45) is 0. The van der Waals surface area contributed by atoms with Crippen LogP contribution in [-0.2, 0) is 0 Å². The standard InChI is InChI=1S/C32H21Br/c33-32-28-18-10-9-17-27(28)31(26-16-8-7-15-25(26)23-13-5-2-6-14-23)30-21-24(19-20-29(30)32)22-11-3-1-4-12-22/h1-21H. The molecule has 0 spiro atoms. The molecular weight excluding hydrogens is 464 g/mol. The Kier molecular flexibility index (Phi) is 5.05. The molecule has 1 heteroatoms. The molecular formula is C32H21Br. The number of hydrogen-bond acceptors (Lipinski definition) is 0. The molecule has 0 bridgehead atoms. The van der Waals surface area contributed by atoms with Crippen LogP contribution in [0.15, 0.2) is 132 Å². The predicted octanol–water partition coefficient (Wildman–Crippen LogP) is 9.76. The monoisotopic (exact) mass is 484 g/mol. The highest BCUT2D eigenvalue weighted by Crippen LogP contribution is 2.45. The fraction of sp³-hybridized carbons (Fsp3) is 0. The zero-order chi connectivity index (χ0) is 22.2. The lowest BCUT2D eigenvalue weighted by molar-refractivity contribution is 1.60. The lowest BCUT2D eigenvalue weighted by Crippen LogP contribution is -1.91. The number of fused-ring (bicyclic) bond motifs is 2. The van der Waals surface area contributed by atoms with Gasteiger partial charge in [-0.3, -0.25) is 0 Å². The first kappa shape index (κ1) is 20.0. The van der Waals surface area contributed by atoms with Gasteiger partial charge in [-0.1, -0.05) is 121 Å². The Morgan fingerprint density at radius 2 is 0.909 bits per heavy atom. The molecule has 0 aliphatic carbocycles. The summed E-state index contributed by atoms with van der Waals surface area (Å²) in [5, 5.41) is 4.97. The zero-order valence-electron chi connectivity index (χ0n) is 18.0. The van der Waals surface area contributed by atoms with Gasteiger partial charge in [-0.05, 0) is 76.9 Å². The molecule has 0 aliphatic rings. The van der Waals surface area contributed by atoms with E-state index in [0.717, 1.165) is 4.47 Å². The molecule has 33 heavy (non-hydrogen) atoms.